The van der Waals surface area contributed by atoms with Crippen LogP contribution in [0.4, 0.5) is 0 Å². The molecule has 2 heterocycles. The SMILES string of the molecule is CCNC(=NCc1oc2ccccc2c1C)NCCCc1nc(C)cs1.I. The number of rotatable bonds is 7. The first kappa shape index (κ1) is 21.7. The summed E-state index contributed by atoms with van der Waals surface area (Å²) in [5.74, 6) is 1.74. The molecule has 0 saturated carbocycles. The molecule has 3 aromatic rings. The van der Waals surface area contributed by atoms with E-state index in [1.54, 1.807) is 11.3 Å². The molecule has 3 rings (SSSR count). The van der Waals surface area contributed by atoms with Gasteiger partial charge < -0.3 is 15.1 Å². The predicted molar refractivity (Wildman–Crippen MR) is 124 cm³/mol. The summed E-state index contributed by atoms with van der Waals surface area (Å²) in [5.41, 5.74) is 3.19. The molecule has 146 valence electrons. The Morgan fingerprint density at radius 2 is 2.04 bits per heavy atom. The van der Waals surface area contributed by atoms with E-state index < -0.39 is 0 Å². The zero-order valence-electron chi connectivity index (χ0n) is 16.0. The molecule has 0 bridgehead atoms. The van der Waals surface area contributed by atoms with Crippen LogP contribution < -0.4 is 10.6 Å². The van der Waals surface area contributed by atoms with E-state index in [4.69, 9.17) is 4.42 Å². The number of aryl methyl sites for hydroxylation is 3. The Balaban J connectivity index is 0.00000261. The van der Waals surface area contributed by atoms with E-state index in [1.165, 1.54) is 10.6 Å². The third-order valence-corrected chi connectivity index (χ3v) is 5.22. The van der Waals surface area contributed by atoms with Crippen molar-refractivity contribution in [3.63, 3.8) is 0 Å². The summed E-state index contributed by atoms with van der Waals surface area (Å²) in [4.78, 5) is 9.18. The Bertz CT molecular complexity index is 887. The quantitative estimate of drug-likeness (QED) is 0.212. The molecular weight excluding hydrogens is 471 g/mol. The molecule has 0 spiro atoms. The lowest BCUT2D eigenvalue weighted by atomic mass is 10.1. The van der Waals surface area contributed by atoms with Gasteiger partial charge in [0, 0.05) is 41.5 Å². The number of benzene rings is 1. The second kappa shape index (κ2) is 10.7. The fourth-order valence-electron chi connectivity index (χ4n) is 2.83. The first-order valence-electron chi connectivity index (χ1n) is 9.07. The van der Waals surface area contributed by atoms with Gasteiger partial charge in [-0.3, -0.25) is 0 Å². The molecule has 2 aromatic heterocycles. The van der Waals surface area contributed by atoms with Crippen LogP contribution in [0.1, 0.15) is 35.4 Å². The first-order chi connectivity index (χ1) is 12.7. The summed E-state index contributed by atoms with van der Waals surface area (Å²) in [5, 5.41) is 11.1. The zero-order chi connectivity index (χ0) is 18.4. The Kier molecular flexibility index (Phi) is 8.56. The lowest BCUT2D eigenvalue weighted by Crippen LogP contribution is -2.37. The summed E-state index contributed by atoms with van der Waals surface area (Å²) in [6.07, 6.45) is 2.02. The van der Waals surface area contributed by atoms with Crippen molar-refractivity contribution in [1.82, 2.24) is 15.6 Å². The Morgan fingerprint density at radius 1 is 1.22 bits per heavy atom. The minimum absolute atomic E-state index is 0. The van der Waals surface area contributed by atoms with Crippen LogP contribution in [0.15, 0.2) is 39.1 Å². The molecule has 0 unspecified atom stereocenters. The number of aromatic nitrogens is 1. The van der Waals surface area contributed by atoms with Crippen molar-refractivity contribution in [2.75, 3.05) is 13.1 Å². The fraction of sp³-hybridized carbons (Fsp3) is 0.400. The first-order valence-corrected chi connectivity index (χ1v) is 9.95. The summed E-state index contributed by atoms with van der Waals surface area (Å²) in [6, 6.07) is 8.12. The topological polar surface area (TPSA) is 62.5 Å². The molecule has 27 heavy (non-hydrogen) atoms. The number of hydrogen-bond donors (Lipinski definition) is 2. The van der Waals surface area contributed by atoms with Crippen LogP contribution in [0.3, 0.4) is 0 Å². The van der Waals surface area contributed by atoms with Gasteiger partial charge in [-0.1, -0.05) is 18.2 Å². The summed E-state index contributed by atoms with van der Waals surface area (Å²) in [6.45, 7) is 8.42. The van der Waals surface area contributed by atoms with Crippen molar-refractivity contribution < 1.29 is 4.42 Å². The van der Waals surface area contributed by atoms with Crippen LogP contribution in [0.25, 0.3) is 11.0 Å². The monoisotopic (exact) mass is 498 g/mol. The molecule has 0 aliphatic carbocycles. The smallest absolute Gasteiger partial charge is 0.191 e. The maximum Gasteiger partial charge on any atom is 0.191 e. The molecule has 7 heteroatoms. The van der Waals surface area contributed by atoms with Crippen molar-refractivity contribution >= 4 is 52.2 Å². The minimum Gasteiger partial charge on any atom is -0.459 e. The highest BCUT2D eigenvalue weighted by Crippen LogP contribution is 2.25. The highest BCUT2D eigenvalue weighted by molar-refractivity contribution is 14.0. The maximum absolute atomic E-state index is 5.94. The molecule has 0 fully saturated rings. The molecule has 2 N–H and O–H groups in total. The molecule has 0 aliphatic heterocycles. The van der Waals surface area contributed by atoms with Crippen molar-refractivity contribution in [3.05, 3.63) is 51.7 Å². The van der Waals surface area contributed by atoms with Gasteiger partial charge in [-0.05, 0) is 33.3 Å². The van der Waals surface area contributed by atoms with Crippen LogP contribution in [-0.2, 0) is 13.0 Å². The lowest BCUT2D eigenvalue weighted by molar-refractivity contribution is 0.547. The van der Waals surface area contributed by atoms with Crippen LogP contribution in [-0.4, -0.2) is 24.0 Å². The number of fused-ring (bicyclic) bond motifs is 1. The van der Waals surface area contributed by atoms with E-state index in [1.807, 2.05) is 25.1 Å². The van der Waals surface area contributed by atoms with Crippen LogP contribution in [0.5, 0.6) is 0 Å². The Morgan fingerprint density at radius 3 is 2.74 bits per heavy atom. The van der Waals surface area contributed by atoms with Crippen LogP contribution >= 0.6 is 35.3 Å². The number of furan rings is 1. The van der Waals surface area contributed by atoms with E-state index in [-0.39, 0.29) is 24.0 Å². The summed E-state index contributed by atoms with van der Waals surface area (Å²) < 4.78 is 5.94. The van der Waals surface area contributed by atoms with Gasteiger partial charge in [-0.25, -0.2) is 9.98 Å². The summed E-state index contributed by atoms with van der Waals surface area (Å²) in [7, 11) is 0. The van der Waals surface area contributed by atoms with Gasteiger partial charge >= 0.3 is 0 Å². The molecule has 0 saturated heterocycles. The summed E-state index contributed by atoms with van der Waals surface area (Å²) >= 11 is 1.73. The van der Waals surface area contributed by atoms with Gasteiger partial charge in [0.05, 0.1) is 5.01 Å². The van der Waals surface area contributed by atoms with Gasteiger partial charge in [-0.15, -0.1) is 35.3 Å². The predicted octanol–water partition coefficient (Wildman–Crippen LogP) is 4.81. The lowest BCUT2D eigenvalue weighted by Gasteiger charge is -2.10. The van der Waals surface area contributed by atoms with Crippen LogP contribution in [0, 0.1) is 13.8 Å². The number of para-hydroxylation sites is 1. The highest BCUT2D eigenvalue weighted by atomic mass is 127. The number of thiazole rings is 1. The number of guanidine groups is 1. The molecular formula is C20H27IN4OS. The highest BCUT2D eigenvalue weighted by Gasteiger charge is 2.09. The molecule has 0 aliphatic rings. The third-order valence-electron chi connectivity index (χ3n) is 4.19. The van der Waals surface area contributed by atoms with E-state index in [2.05, 4.69) is 45.9 Å². The molecule has 1 aromatic carbocycles. The molecule has 0 amide bonds. The fourth-order valence-corrected chi connectivity index (χ4v) is 3.65. The third kappa shape index (κ3) is 5.93. The number of aliphatic imine (C=N–C) groups is 1. The second-order valence-electron chi connectivity index (χ2n) is 6.25. The number of nitrogens with zero attached hydrogens (tertiary/aromatic N) is 2. The number of nitrogens with one attached hydrogen (secondary N) is 2. The van der Waals surface area contributed by atoms with E-state index in [0.717, 1.165) is 54.3 Å². The average Bonchev–Trinajstić information content (AvgIpc) is 3.20. The molecule has 0 atom stereocenters. The average molecular weight is 498 g/mol. The molecule has 5 nitrogen and oxygen atoms in total. The van der Waals surface area contributed by atoms with E-state index in [9.17, 15) is 0 Å². The van der Waals surface area contributed by atoms with Crippen molar-refractivity contribution in [1.29, 1.82) is 0 Å². The second-order valence-corrected chi connectivity index (χ2v) is 7.20. The maximum atomic E-state index is 5.94. The normalized spacial score (nSPS) is 11.4. The largest absolute Gasteiger partial charge is 0.459 e. The number of hydrogen-bond acceptors (Lipinski definition) is 4. The van der Waals surface area contributed by atoms with Crippen molar-refractivity contribution in [2.45, 2.75) is 40.2 Å². The Hall–Kier alpha value is -1.61. The number of halogens is 1. The van der Waals surface area contributed by atoms with Crippen molar-refractivity contribution in [3.8, 4) is 0 Å². The van der Waals surface area contributed by atoms with Crippen LogP contribution in [0.2, 0.25) is 0 Å². The molecule has 0 radical (unpaired) electrons. The van der Waals surface area contributed by atoms with E-state index in [0.29, 0.717) is 6.54 Å². The Labute approximate surface area is 181 Å². The standard InChI is InChI=1S/C20H26N4OS.HI/c1-4-21-20(22-11-7-10-19-24-14(2)13-26-19)23-12-18-15(3)16-8-5-6-9-17(16)25-18;/h5-6,8-9,13H,4,7,10-12H2,1-3H3,(H2,21,22,23);1H. The van der Waals surface area contributed by atoms with Gasteiger partial charge in [-0.2, -0.15) is 0 Å². The van der Waals surface area contributed by atoms with Gasteiger partial charge in [0.25, 0.3) is 0 Å². The van der Waals surface area contributed by atoms with Gasteiger partial charge in [0.2, 0.25) is 0 Å². The minimum atomic E-state index is 0. The van der Waals surface area contributed by atoms with E-state index >= 15 is 0 Å². The zero-order valence-corrected chi connectivity index (χ0v) is 19.2. The van der Waals surface area contributed by atoms with Gasteiger partial charge in [0.1, 0.15) is 17.9 Å². The van der Waals surface area contributed by atoms with Crippen molar-refractivity contribution in [2.24, 2.45) is 4.99 Å². The van der Waals surface area contributed by atoms with Gasteiger partial charge in [0.15, 0.2) is 5.96 Å².